The van der Waals surface area contributed by atoms with Crippen LogP contribution in [-0.2, 0) is 0 Å². The summed E-state index contributed by atoms with van der Waals surface area (Å²) in [6, 6.07) is 9.76. The van der Waals surface area contributed by atoms with Gasteiger partial charge < -0.3 is 5.11 Å². The molecule has 6 aliphatic rings. The van der Waals surface area contributed by atoms with Crippen LogP contribution in [0.1, 0.15) is 126 Å². The maximum Gasteiger partial charge on any atom is 0.335 e. The summed E-state index contributed by atoms with van der Waals surface area (Å²) in [6.45, 7) is 19.9. The molecule has 5 aliphatic carbocycles. The standard InChI is InChI=1S/C43H54N4O2S/c1-26(2)30-15-22-43(21-14-28-18-25-50-36(28)37-44-46-47-45-37)24-23-41(6)32(35(30)43)12-13-34-40(5)19-16-31(27-8-10-29(11-9-27)38(48)49)39(3,4)33(40)17-20-42(34,41)7/h8-11,16,18,25,30,32-35,46-47H,1,12-13,15,17,19-20,22-24H2,2-7H3,(H,44,45)(H,48,49)/t30-,32+,33-,34?,35+,40-,41+,42+,43+/m0/s1. The summed E-state index contributed by atoms with van der Waals surface area (Å²) in [5.41, 5.74) is 14.9. The summed E-state index contributed by atoms with van der Waals surface area (Å²) >= 11 is 1.68. The molecule has 9 atom stereocenters. The predicted octanol–water partition coefficient (Wildman–Crippen LogP) is 9.42. The van der Waals surface area contributed by atoms with Gasteiger partial charge in [-0.2, -0.15) is 0 Å². The minimum atomic E-state index is -0.865. The molecule has 2 heterocycles. The van der Waals surface area contributed by atoms with Crippen molar-refractivity contribution >= 4 is 28.7 Å². The monoisotopic (exact) mass is 690 g/mol. The Labute approximate surface area is 302 Å². The normalized spacial score (nSPS) is 39.5. The number of carboxylic acid groups (broad SMARTS) is 1. The lowest BCUT2D eigenvalue weighted by Crippen LogP contribution is -2.65. The highest BCUT2D eigenvalue weighted by molar-refractivity contribution is 7.12. The number of amidine groups is 1. The van der Waals surface area contributed by atoms with Gasteiger partial charge in [-0.25, -0.2) is 10.3 Å². The predicted molar refractivity (Wildman–Crippen MR) is 203 cm³/mol. The van der Waals surface area contributed by atoms with Crippen LogP contribution in [0.15, 0.2) is 59.0 Å². The number of fused-ring (bicyclic) bond motifs is 7. The van der Waals surface area contributed by atoms with E-state index >= 15 is 0 Å². The van der Waals surface area contributed by atoms with E-state index in [4.69, 9.17) is 0 Å². The van der Waals surface area contributed by atoms with Crippen molar-refractivity contribution in [3.63, 3.8) is 0 Å². The van der Waals surface area contributed by atoms with Crippen LogP contribution < -0.4 is 16.5 Å². The Kier molecular flexibility index (Phi) is 7.83. The van der Waals surface area contributed by atoms with Crippen molar-refractivity contribution in [2.75, 3.05) is 0 Å². The Bertz CT molecular complexity index is 1860. The van der Waals surface area contributed by atoms with Gasteiger partial charge >= 0.3 is 5.97 Å². The first-order valence-corrected chi connectivity index (χ1v) is 19.8. The average molecular weight is 691 g/mol. The molecule has 1 aromatic carbocycles. The molecule has 1 aliphatic heterocycles. The van der Waals surface area contributed by atoms with Gasteiger partial charge in [-0.15, -0.1) is 22.0 Å². The Hall–Kier alpha value is -3.34. The van der Waals surface area contributed by atoms with Gasteiger partial charge in [-0.1, -0.05) is 76.8 Å². The Morgan fingerprint density at radius 3 is 2.44 bits per heavy atom. The summed E-state index contributed by atoms with van der Waals surface area (Å²) in [6.07, 6.45) is 13.5. The van der Waals surface area contributed by atoms with Crippen LogP contribution in [-0.4, -0.2) is 16.9 Å². The van der Waals surface area contributed by atoms with Crippen molar-refractivity contribution in [2.24, 2.45) is 61.8 Å². The zero-order chi connectivity index (χ0) is 35.3. The lowest BCUT2D eigenvalue weighted by atomic mass is 9.32. The van der Waals surface area contributed by atoms with Gasteiger partial charge in [-0.3, -0.25) is 5.43 Å². The fourth-order valence-electron chi connectivity index (χ4n) is 13.3. The topological polar surface area (TPSA) is 85.8 Å². The molecule has 264 valence electrons. The summed E-state index contributed by atoms with van der Waals surface area (Å²) in [5, 5.41) is 16.0. The number of benzene rings is 1. The lowest BCUT2D eigenvalue weighted by molar-refractivity contribution is -0.220. The number of hydrogen-bond acceptors (Lipinski definition) is 6. The second-order valence-electron chi connectivity index (χ2n) is 18.0. The fourth-order valence-corrected chi connectivity index (χ4v) is 14.1. The van der Waals surface area contributed by atoms with Crippen molar-refractivity contribution in [1.29, 1.82) is 0 Å². The lowest BCUT2D eigenvalue weighted by Gasteiger charge is -2.72. The van der Waals surface area contributed by atoms with E-state index in [9.17, 15) is 9.90 Å². The molecule has 0 amide bonds. The Balaban J connectivity index is 1.13. The number of allylic oxidation sites excluding steroid dienone is 3. The smallest absolute Gasteiger partial charge is 0.335 e. The van der Waals surface area contributed by atoms with Crippen molar-refractivity contribution in [3.8, 4) is 11.8 Å². The van der Waals surface area contributed by atoms with Crippen LogP contribution in [0.4, 0.5) is 0 Å². The first-order valence-electron chi connectivity index (χ1n) is 18.9. The molecule has 0 saturated heterocycles. The van der Waals surface area contributed by atoms with E-state index < -0.39 is 5.97 Å². The van der Waals surface area contributed by atoms with E-state index in [0.29, 0.717) is 35.2 Å². The molecule has 8 rings (SSSR count). The van der Waals surface area contributed by atoms with Gasteiger partial charge in [-0.05, 0) is 151 Å². The van der Waals surface area contributed by atoms with Crippen molar-refractivity contribution < 1.29 is 9.90 Å². The van der Waals surface area contributed by atoms with E-state index in [1.807, 2.05) is 12.1 Å². The molecule has 4 N–H and O–H groups in total. The van der Waals surface area contributed by atoms with Crippen LogP contribution in [0.3, 0.4) is 0 Å². The number of thiophene rings is 1. The summed E-state index contributed by atoms with van der Waals surface area (Å²) in [5.74, 6) is 10.7. The van der Waals surface area contributed by atoms with Gasteiger partial charge in [0.2, 0.25) is 0 Å². The first kappa shape index (κ1) is 33.8. The molecule has 0 radical (unpaired) electrons. The largest absolute Gasteiger partial charge is 0.478 e. The van der Waals surface area contributed by atoms with E-state index in [2.05, 4.69) is 99.1 Å². The number of hydrogen-bond donors (Lipinski definition) is 4. The maximum absolute atomic E-state index is 11.6. The van der Waals surface area contributed by atoms with Gasteiger partial charge in [0.1, 0.15) is 0 Å². The van der Waals surface area contributed by atoms with E-state index in [1.165, 1.54) is 68.1 Å². The van der Waals surface area contributed by atoms with Crippen LogP contribution in [0.25, 0.3) is 5.57 Å². The maximum atomic E-state index is 11.6. The van der Waals surface area contributed by atoms with Gasteiger partial charge in [0.15, 0.2) is 5.84 Å². The zero-order valence-electron chi connectivity index (χ0n) is 30.7. The number of aromatic carboxylic acids is 1. The zero-order valence-corrected chi connectivity index (χ0v) is 31.5. The number of carbonyl (C=O) groups is 1. The second kappa shape index (κ2) is 11.6. The average Bonchev–Trinajstić information content (AvgIpc) is 3.84. The summed E-state index contributed by atoms with van der Waals surface area (Å²) < 4.78 is 0. The third kappa shape index (κ3) is 4.69. The van der Waals surface area contributed by atoms with Crippen LogP contribution in [0.2, 0.25) is 0 Å². The Morgan fingerprint density at radius 2 is 1.74 bits per heavy atom. The highest BCUT2D eigenvalue weighted by Crippen LogP contribution is 2.77. The molecule has 4 saturated carbocycles. The van der Waals surface area contributed by atoms with Crippen LogP contribution in [0.5, 0.6) is 0 Å². The third-order valence-corrected chi connectivity index (χ3v) is 16.7. The molecule has 6 nitrogen and oxygen atoms in total. The third-order valence-electron chi connectivity index (χ3n) is 15.8. The molecule has 7 heteroatoms. The number of nitrogens with zero attached hydrogens (tertiary/aromatic N) is 1. The highest BCUT2D eigenvalue weighted by Gasteiger charge is 2.70. The summed E-state index contributed by atoms with van der Waals surface area (Å²) in [4.78, 5) is 12.7. The van der Waals surface area contributed by atoms with E-state index in [0.717, 1.165) is 22.7 Å². The summed E-state index contributed by atoms with van der Waals surface area (Å²) in [7, 11) is 0. The number of nitrogens with one attached hydrogen (secondary N) is 3. The van der Waals surface area contributed by atoms with Gasteiger partial charge in [0.25, 0.3) is 0 Å². The minimum Gasteiger partial charge on any atom is -0.478 e. The Morgan fingerprint density at radius 1 is 0.960 bits per heavy atom. The molecule has 4 fully saturated rings. The van der Waals surface area contributed by atoms with E-state index in [1.54, 1.807) is 23.5 Å². The fraction of sp³-hybridized carbons (Fsp3) is 0.581. The molecule has 1 unspecified atom stereocenters. The molecule has 2 aromatic rings. The molecule has 50 heavy (non-hydrogen) atoms. The van der Waals surface area contributed by atoms with Gasteiger partial charge in [0, 0.05) is 11.0 Å². The number of carboxylic acids is 1. The first-order chi connectivity index (χ1) is 23.8. The van der Waals surface area contributed by atoms with Crippen LogP contribution >= 0.6 is 11.3 Å². The SMILES string of the molecule is C=C(C)[C@@H]1CC[C@]2(C#Cc3ccsc3C3=NNNN3)CC[C@]3(C)[C@H](CCC4[C@@]5(C)CC=C(c6ccc(C(=O)O)cc6)C(C)(C)[C@@H]5CC[C@]43C)[C@@H]12. The minimum absolute atomic E-state index is 0.0108. The second-order valence-corrected chi connectivity index (χ2v) is 18.9. The van der Waals surface area contributed by atoms with Crippen molar-refractivity contribution in [3.05, 3.63) is 75.5 Å². The molecule has 0 bridgehead atoms. The molecular weight excluding hydrogens is 637 g/mol. The number of rotatable bonds is 4. The quantitative estimate of drug-likeness (QED) is 0.190. The van der Waals surface area contributed by atoms with Crippen LogP contribution in [0, 0.1) is 68.5 Å². The van der Waals surface area contributed by atoms with Gasteiger partial charge in [0.05, 0.1) is 10.4 Å². The number of hydrazine groups is 2. The van der Waals surface area contributed by atoms with Crippen molar-refractivity contribution in [1.82, 2.24) is 16.5 Å². The van der Waals surface area contributed by atoms with Crippen molar-refractivity contribution in [2.45, 2.75) is 99.3 Å². The molecule has 1 aromatic heterocycles. The molecule has 0 spiro atoms. The number of hydrazone groups is 1. The molecular formula is C43H54N4O2S. The van der Waals surface area contributed by atoms with E-state index in [-0.39, 0.29) is 27.1 Å². The highest BCUT2D eigenvalue weighted by atomic mass is 32.1.